The highest BCUT2D eigenvalue weighted by Gasteiger charge is 2.39. The molecule has 3 aromatic rings. The fraction of sp³-hybridized carbons (Fsp3) is 0.406. The van der Waals surface area contributed by atoms with Crippen molar-refractivity contribution in [1.29, 1.82) is 0 Å². The number of aromatic nitrogens is 2. The van der Waals surface area contributed by atoms with Gasteiger partial charge in [-0.3, -0.25) is 19.2 Å². The third kappa shape index (κ3) is 5.59. The van der Waals surface area contributed by atoms with E-state index in [0.29, 0.717) is 48.4 Å². The van der Waals surface area contributed by atoms with Crippen LogP contribution in [0.25, 0.3) is 22.3 Å². The van der Waals surface area contributed by atoms with Gasteiger partial charge in [0.15, 0.2) is 6.10 Å². The van der Waals surface area contributed by atoms with Gasteiger partial charge in [-0.2, -0.15) is 0 Å². The van der Waals surface area contributed by atoms with Gasteiger partial charge < -0.3 is 34.7 Å². The molecular formula is C32H34N5O8P. The van der Waals surface area contributed by atoms with Crippen LogP contribution in [0.15, 0.2) is 35.1 Å². The molecule has 0 spiro atoms. The number of likely N-dealkylation sites (tertiary alicyclic amines) is 1. The molecule has 1 fully saturated rings. The lowest BCUT2D eigenvalue weighted by molar-refractivity contribution is -0.156. The number of aryl methyl sites for hydroxylation is 1. The molecule has 46 heavy (non-hydrogen) atoms. The van der Waals surface area contributed by atoms with E-state index in [1.165, 1.54) is 11.9 Å². The number of amides is 2. The van der Waals surface area contributed by atoms with Crippen LogP contribution in [0.3, 0.4) is 0 Å². The number of nitrogens with zero attached hydrogens (tertiary/aromatic N) is 3. The Hall–Kier alpha value is -4.45. The average Bonchev–Trinajstić information content (AvgIpc) is 3.68. The zero-order valence-electron chi connectivity index (χ0n) is 25.4. The quantitative estimate of drug-likeness (QED) is 0.170. The maximum absolute atomic E-state index is 13.7. The van der Waals surface area contributed by atoms with Crippen molar-refractivity contribution < 1.29 is 33.8 Å². The lowest BCUT2D eigenvalue weighted by Crippen LogP contribution is -2.52. The Labute approximate surface area is 266 Å². The number of esters is 1. The number of hydrogen-bond donors (Lipinski definition) is 3. The molecule has 0 aliphatic carbocycles. The van der Waals surface area contributed by atoms with Gasteiger partial charge in [0.25, 0.3) is 5.56 Å². The highest BCUT2D eigenvalue weighted by atomic mass is 31.0. The Morgan fingerprint density at radius 3 is 2.74 bits per heavy atom. The summed E-state index contributed by atoms with van der Waals surface area (Å²) in [6.45, 7) is 2.44. The SMILES string of the molecule is CCc1c2c(nc3ccccc13)-c1cc3c(c(=O)n1C2)COC(=O)[C@H]3OC(=P)CNC(=O)[C@@H]1CCCN1C(=O)[C@H](CC(=O)O)NC. The van der Waals surface area contributed by atoms with Crippen molar-refractivity contribution in [1.82, 2.24) is 25.1 Å². The molecule has 5 heterocycles. The predicted octanol–water partition coefficient (Wildman–Crippen LogP) is 1.54. The molecule has 0 radical (unpaired) electrons. The number of pyridine rings is 2. The standard InChI is InChI=1S/C32H34N5O8P/c1-3-16-17-7-4-5-8-21(17)35-27-19(16)14-37-24(27)11-18-20(30(37)41)15-44-32(43)28(18)45-26(46)13-34-29(40)23-9-6-10-36(23)31(42)22(33-2)12-25(38)39/h4-5,7-8,11,22-23,28,33,46H,3,6,9-10,12-15H2,1-2H3,(H,34,40)(H,38,39)/t22-,23-,28-/m0/s1. The van der Waals surface area contributed by atoms with E-state index in [9.17, 15) is 24.0 Å². The van der Waals surface area contributed by atoms with E-state index in [4.69, 9.17) is 19.6 Å². The maximum atomic E-state index is 13.7. The van der Waals surface area contributed by atoms with Gasteiger partial charge in [0.1, 0.15) is 12.6 Å². The first kappa shape index (κ1) is 31.5. The Morgan fingerprint density at radius 1 is 1.22 bits per heavy atom. The van der Waals surface area contributed by atoms with Gasteiger partial charge in [0.2, 0.25) is 11.8 Å². The first-order valence-electron chi connectivity index (χ1n) is 15.2. The Balaban J connectivity index is 1.20. The van der Waals surface area contributed by atoms with E-state index in [2.05, 4.69) is 26.4 Å². The summed E-state index contributed by atoms with van der Waals surface area (Å²) in [4.78, 5) is 70.2. The van der Waals surface area contributed by atoms with E-state index in [0.717, 1.165) is 28.5 Å². The molecule has 3 aliphatic rings. The van der Waals surface area contributed by atoms with E-state index < -0.39 is 48.4 Å². The number of rotatable bonds is 10. The minimum absolute atomic E-state index is 0.108. The van der Waals surface area contributed by atoms with E-state index in [1.54, 1.807) is 10.6 Å². The molecule has 3 N–H and O–H groups in total. The molecule has 2 amide bonds. The van der Waals surface area contributed by atoms with Gasteiger partial charge >= 0.3 is 11.9 Å². The summed E-state index contributed by atoms with van der Waals surface area (Å²) in [6, 6.07) is 7.89. The molecule has 13 nitrogen and oxygen atoms in total. The van der Waals surface area contributed by atoms with Crippen LogP contribution in [0.2, 0.25) is 0 Å². The smallest absolute Gasteiger partial charge is 0.340 e. The number of carbonyl (C=O) groups is 4. The third-order valence-electron chi connectivity index (χ3n) is 8.86. The van der Waals surface area contributed by atoms with Crippen LogP contribution in [0.5, 0.6) is 0 Å². The number of nitrogens with one attached hydrogen (secondary N) is 2. The summed E-state index contributed by atoms with van der Waals surface area (Å²) in [5.74, 6) is -2.71. The van der Waals surface area contributed by atoms with Gasteiger partial charge in [-0.05, 0) is 44.0 Å². The summed E-state index contributed by atoms with van der Waals surface area (Å²) in [7, 11) is 4.87. The Kier molecular flexibility index (Phi) is 8.73. The molecule has 14 heteroatoms. The normalized spacial score (nSPS) is 18.8. The second kappa shape index (κ2) is 12.7. The highest BCUT2D eigenvalue weighted by molar-refractivity contribution is 7.20. The van der Waals surface area contributed by atoms with E-state index in [1.807, 2.05) is 24.3 Å². The molecule has 0 bridgehead atoms. The topological polar surface area (TPSA) is 169 Å². The minimum atomic E-state index is -1.26. The van der Waals surface area contributed by atoms with E-state index in [-0.39, 0.29) is 24.2 Å². The van der Waals surface area contributed by atoms with E-state index >= 15 is 0 Å². The number of carboxylic acids is 1. The van der Waals surface area contributed by atoms with Gasteiger partial charge in [-0.25, -0.2) is 9.78 Å². The van der Waals surface area contributed by atoms with Crippen LogP contribution >= 0.6 is 8.86 Å². The van der Waals surface area contributed by atoms with Crippen molar-refractivity contribution in [2.45, 2.75) is 63.9 Å². The number of cyclic esters (lactones) is 1. The lowest BCUT2D eigenvalue weighted by Gasteiger charge is -2.28. The largest absolute Gasteiger partial charge is 0.481 e. The molecular weight excluding hydrogens is 613 g/mol. The zero-order valence-corrected chi connectivity index (χ0v) is 26.4. The summed E-state index contributed by atoms with van der Waals surface area (Å²) < 4.78 is 13.0. The maximum Gasteiger partial charge on any atom is 0.340 e. The fourth-order valence-corrected chi connectivity index (χ4v) is 6.83. The predicted molar refractivity (Wildman–Crippen MR) is 170 cm³/mol. The summed E-state index contributed by atoms with van der Waals surface area (Å²) in [5.41, 5.74) is 4.73. The Morgan fingerprint density at radius 2 is 2.00 bits per heavy atom. The number of para-hydroxylation sites is 1. The van der Waals surface area contributed by atoms with Crippen LogP contribution in [0, 0.1) is 0 Å². The Bertz CT molecular complexity index is 1860. The second-order valence-electron chi connectivity index (χ2n) is 11.5. The molecule has 3 atom stereocenters. The van der Waals surface area contributed by atoms with Crippen molar-refractivity contribution in [3.8, 4) is 11.4 Å². The summed E-state index contributed by atoms with van der Waals surface area (Å²) in [5, 5.41) is 15.6. The van der Waals surface area contributed by atoms with Crippen molar-refractivity contribution in [3.63, 3.8) is 0 Å². The van der Waals surface area contributed by atoms with Gasteiger partial charge in [0, 0.05) is 23.1 Å². The first-order valence-corrected chi connectivity index (χ1v) is 15.7. The van der Waals surface area contributed by atoms with Gasteiger partial charge in [-0.1, -0.05) is 34.0 Å². The van der Waals surface area contributed by atoms with Crippen LogP contribution in [-0.4, -0.2) is 81.0 Å². The molecule has 0 unspecified atom stereocenters. The molecule has 1 aromatic carbocycles. The zero-order chi connectivity index (χ0) is 32.7. The van der Waals surface area contributed by atoms with Crippen LogP contribution in [0.1, 0.15) is 54.5 Å². The lowest BCUT2D eigenvalue weighted by atomic mass is 9.97. The second-order valence-corrected chi connectivity index (χ2v) is 12.1. The number of hydrogen-bond acceptors (Lipinski definition) is 9. The number of ether oxygens (including phenoxy) is 2. The molecule has 3 aliphatic heterocycles. The van der Waals surface area contributed by atoms with Crippen LogP contribution < -0.4 is 16.2 Å². The summed E-state index contributed by atoms with van der Waals surface area (Å²) in [6.07, 6.45) is 0.1000. The van der Waals surface area contributed by atoms with Crippen molar-refractivity contribution in [2.75, 3.05) is 20.1 Å². The first-order chi connectivity index (χ1) is 22.1. The number of carboxylic acid groups (broad SMARTS) is 1. The number of carbonyl (C=O) groups excluding carboxylic acids is 3. The number of aliphatic carboxylic acids is 1. The minimum Gasteiger partial charge on any atom is -0.481 e. The number of fused-ring (bicyclic) bond motifs is 5. The van der Waals surface area contributed by atoms with Gasteiger partial charge in [-0.15, -0.1) is 0 Å². The molecule has 6 rings (SSSR count). The number of likely N-dealkylation sites (N-methyl/N-ethyl adjacent to an activating group) is 1. The fourth-order valence-electron chi connectivity index (χ4n) is 6.62. The average molecular weight is 648 g/mol. The third-order valence-corrected chi connectivity index (χ3v) is 9.16. The monoisotopic (exact) mass is 647 g/mol. The van der Waals surface area contributed by atoms with Crippen molar-refractivity contribution in [2.24, 2.45) is 0 Å². The summed E-state index contributed by atoms with van der Waals surface area (Å²) >= 11 is 0. The molecule has 1 saturated heterocycles. The highest BCUT2D eigenvalue weighted by Crippen LogP contribution is 2.38. The van der Waals surface area contributed by atoms with Gasteiger partial charge in [0.05, 0.1) is 53.5 Å². The van der Waals surface area contributed by atoms with Crippen LogP contribution in [-0.2, 0) is 48.2 Å². The molecule has 240 valence electrons. The molecule has 2 aromatic heterocycles. The van der Waals surface area contributed by atoms with Crippen molar-refractivity contribution in [3.05, 3.63) is 62.9 Å². The van der Waals surface area contributed by atoms with Crippen molar-refractivity contribution >= 4 is 49.0 Å². The van der Waals surface area contributed by atoms with Crippen LogP contribution in [0.4, 0.5) is 0 Å². The molecule has 0 saturated carbocycles. The number of benzene rings is 1.